The van der Waals surface area contributed by atoms with Gasteiger partial charge in [0.15, 0.2) is 5.11 Å². The monoisotopic (exact) mass is 417 g/mol. The lowest BCUT2D eigenvalue weighted by Gasteiger charge is -2.18. The normalized spacial score (nSPS) is 10.2. The number of hydrogen-bond donors (Lipinski definition) is 2. The van der Waals surface area contributed by atoms with Gasteiger partial charge < -0.3 is 15.5 Å². The number of benzene rings is 3. The standard InChI is InChI=1S/C24H23N3O2S/c1-27(21-13-6-3-7-14-21)23(29)19-11-8-12-20(17-19)25-24(30)26-22(28)16-15-18-9-4-2-5-10-18/h2-14,17H,15-16H2,1H3,(H2,25,26,28,30). The Morgan fingerprint density at radius 3 is 2.27 bits per heavy atom. The van der Waals surface area contributed by atoms with Crippen LogP contribution in [0.3, 0.4) is 0 Å². The molecule has 30 heavy (non-hydrogen) atoms. The average Bonchev–Trinajstić information content (AvgIpc) is 2.78. The van der Waals surface area contributed by atoms with Gasteiger partial charge in [0.05, 0.1) is 0 Å². The molecule has 0 saturated carbocycles. The summed E-state index contributed by atoms with van der Waals surface area (Å²) in [5, 5.41) is 5.86. The predicted molar refractivity (Wildman–Crippen MR) is 125 cm³/mol. The molecule has 3 rings (SSSR count). The van der Waals surface area contributed by atoms with Crippen molar-refractivity contribution in [3.05, 3.63) is 96.1 Å². The minimum Gasteiger partial charge on any atom is -0.332 e. The zero-order chi connectivity index (χ0) is 21.3. The van der Waals surface area contributed by atoms with E-state index in [4.69, 9.17) is 12.2 Å². The van der Waals surface area contributed by atoms with E-state index in [1.54, 1.807) is 36.2 Å². The molecule has 152 valence electrons. The largest absolute Gasteiger partial charge is 0.332 e. The fraction of sp³-hybridized carbons (Fsp3) is 0.125. The van der Waals surface area contributed by atoms with Crippen LogP contribution in [0.15, 0.2) is 84.9 Å². The lowest BCUT2D eigenvalue weighted by Crippen LogP contribution is -2.34. The number of anilines is 2. The van der Waals surface area contributed by atoms with E-state index in [-0.39, 0.29) is 16.9 Å². The summed E-state index contributed by atoms with van der Waals surface area (Å²) in [5.41, 5.74) is 3.06. The van der Waals surface area contributed by atoms with Gasteiger partial charge in [0, 0.05) is 30.4 Å². The molecular weight excluding hydrogens is 394 g/mol. The maximum absolute atomic E-state index is 12.8. The zero-order valence-electron chi connectivity index (χ0n) is 16.7. The van der Waals surface area contributed by atoms with Gasteiger partial charge in [0.1, 0.15) is 0 Å². The summed E-state index contributed by atoms with van der Waals surface area (Å²) in [6, 6.07) is 26.3. The number of nitrogens with one attached hydrogen (secondary N) is 2. The third-order valence-electron chi connectivity index (χ3n) is 4.55. The molecule has 0 unspecified atom stereocenters. The summed E-state index contributed by atoms with van der Waals surface area (Å²) in [7, 11) is 1.73. The lowest BCUT2D eigenvalue weighted by atomic mass is 10.1. The van der Waals surface area contributed by atoms with Crippen LogP contribution in [0.5, 0.6) is 0 Å². The van der Waals surface area contributed by atoms with Gasteiger partial charge in [0.25, 0.3) is 5.91 Å². The Balaban J connectivity index is 1.56. The average molecular weight is 418 g/mol. The van der Waals surface area contributed by atoms with E-state index in [0.717, 1.165) is 11.3 Å². The maximum Gasteiger partial charge on any atom is 0.258 e. The third-order valence-corrected chi connectivity index (χ3v) is 4.76. The van der Waals surface area contributed by atoms with Crippen LogP contribution >= 0.6 is 12.2 Å². The zero-order valence-corrected chi connectivity index (χ0v) is 17.5. The minimum absolute atomic E-state index is 0.136. The lowest BCUT2D eigenvalue weighted by molar-refractivity contribution is -0.119. The number of rotatable bonds is 6. The van der Waals surface area contributed by atoms with Crippen molar-refractivity contribution in [2.75, 3.05) is 17.3 Å². The summed E-state index contributed by atoms with van der Waals surface area (Å²) in [6.45, 7) is 0. The Kier molecular flexibility index (Phi) is 7.29. The van der Waals surface area contributed by atoms with Crippen LogP contribution in [0.2, 0.25) is 0 Å². The summed E-state index contributed by atoms with van der Waals surface area (Å²) in [5.74, 6) is -0.296. The number of carbonyl (C=O) groups excluding carboxylic acids is 2. The summed E-state index contributed by atoms with van der Waals surface area (Å²) >= 11 is 5.24. The molecule has 0 aromatic heterocycles. The second-order valence-corrected chi connectivity index (χ2v) is 7.18. The second-order valence-electron chi connectivity index (χ2n) is 6.77. The van der Waals surface area contributed by atoms with Crippen molar-refractivity contribution >= 4 is 40.5 Å². The highest BCUT2D eigenvalue weighted by Gasteiger charge is 2.14. The molecule has 2 N–H and O–H groups in total. The Morgan fingerprint density at radius 1 is 0.900 bits per heavy atom. The van der Waals surface area contributed by atoms with Crippen LogP contribution in [-0.4, -0.2) is 24.0 Å². The molecule has 0 aliphatic carbocycles. The van der Waals surface area contributed by atoms with E-state index in [1.807, 2.05) is 60.7 Å². The smallest absolute Gasteiger partial charge is 0.258 e. The van der Waals surface area contributed by atoms with E-state index in [0.29, 0.717) is 24.1 Å². The molecule has 3 aromatic rings. The van der Waals surface area contributed by atoms with E-state index >= 15 is 0 Å². The third kappa shape index (κ3) is 5.99. The highest BCUT2D eigenvalue weighted by Crippen LogP contribution is 2.17. The van der Waals surface area contributed by atoms with Crippen molar-refractivity contribution in [3.63, 3.8) is 0 Å². The fourth-order valence-corrected chi connectivity index (χ4v) is 3.18. The van der Waals surface area contributed by atoms with Crippen molar-refractivity contribution in [1.82, 2.24) is 5.32 Å². The quantitative estimate of drug-likeness (QED) is 0.583. The number of nitrogens with zero attached hydrogens (tertiary/aromatic N) is 1. The van der Waals surface area contributed by atoms with Crippen molar-refractivity contribution < 1.29 is 9.59 Å². The van der Waals surface area contributed by atoms with Gasteiger partial charge in [-0.05, 0) is 54.5 Å². The molecule has 0 atom stereocenters. The molecule has 0 spiro atoms. The first-order valence-corrected chi connectivity index (χ1v) is 10.0. The number of thiocarbonyl (C=S) groups is 1. The van der Waals surface area contributed by atoms with Gasteiger partial charge >= 0.3 is 0 Å². The molecule has 6 heteroatoms. The van der Waals surface area contributed by atoms with Crippen LogP contribution in [0.4, 0.5) is 11.4 Å². The number of carbonyl (C=O) groups is 2. The molecule has 0 fully saturated rings. The molecule has 0 heterocycles. The Morgan fingerprint density at radius 2 is 1.57 bits per heavy atom. The SMILES string of the molecule is CN(C(=O)c1cccc(NC(=S)NC(=O)CCc2ccccc2)c1)c1ccccc1. The van der Waals surface area contributed by atoms with Crippen molar-refractivity contribution in [3.8, 4) is 0 Å². The second kappa shape index (κ2) is 10.3. The molecule has 5 nitrogen and oxygen atoms in total. The predicted octanol–water partition coefficient (Wildman–Crippen LogP) is 4.41. The van der Waals surface area contributed by atoms with Gasteiger partial charge in [-0.3, -0.25) is 9.59 Å². The number of aryl methyl sites for hydroxylation is 1. The van der Waals surface area contributed by atoms with Gasteiger partial charge in [-0.25, -0.2) is 0 Å². The molecule has 0 bridgehead atoms. The highest BCUT2D eigenvalue weighted by atomic mass is 32.1. The van der Waals surface area contributed by atoms with E-state index < -0.39 is 0 Å². The number of hydrogen-bond acceptors (Lipinski definition) is 3. The van der Waals surface area contributed by atoms with Gasteiger partial charge in [-0.15, -0.1) is 0 Å². The fourth-order valence-electron chi connectivity index (χ4n) is 2.95. The van der Waals surface area contributed by atoms with E-state index in [9.17, 15) is 9.59 Å². The molecule has 0 aliphatic heterocycles. The molecule has 3 aromatic carbocycles. The van der Waals surface area contributed by atoms with Crippen molar-refractivity contribution in [1.29, 1.82) is 0 Å². The van der Waals surface area contributed by atoms with Gasteiger partial charge in [0.2, 0.25) is 5.91 Å². The Labute approximate surface area is 181 Å². The molecule has 2 amide bonds. The van der Waals surface area contributed by atoms with Crippen LogP contribution < -0.4 is 15.5 Å². The molecule has 0 saturated heterocycles. The Hall–Kier alpha value is -3.51. The topological polar surface area (TPSA) is 61.4 Å². The highest BCUT2D eigenvalue weighted by molar-refractivity contribution is 7.80. The van der Waals surface area contributed by atoms with Gasteiger partial charge in [-0.2, -0.15) is 0 Å². The summed E-state index contributed by atoms with van der Waals surface area (Å²) < 4.78 is 0. The first-order valence-electron chi connectivity index (χ1n) is 9.61. The molecular formula is C24H23N3O2S. The van der Waals surface area contributed by atoms with Crippen molar-refractivity contribution in [2.45, 2.75) is 12.8 Å². The van der Waals surface area contributed by atoms with Gasteiger partial charge in [-0.1, -0.05) is 54.6 Å². The van der Waals surface area contributed by atoms with Crippen LogP contribution in [-0.2, 0) is 11.2 Å². The first-order chi connectivity index (χ1) is 14.5. The van der Waals surface area contributed by atoms with Crippen molar-refractivity contribution in [2.24, 2.45) is 0 Å². The number of para-hydroxylation sites is 1. The molecule has 0 radical (unpaired) electrons. The van der Waals surface area contributed by atoms with E-state index in [1.165, 1.54) is 0 Å². The summed E-state index contributed by atoms with van der Waals surface area (Å²) in [4.78, 5) is 26.5. The van der Waals surface area contributed by atoms with Crippen LogP contribution in [0.25, 0.3) is 0 Å². The van der Waals surface area contributed by atoms with Crippen LogP contribution in [0.1, 0.15) is 22.3 Å². The minimum atomic E-state index is -0.160. The van der Waals surface area contributed by atoms with E-state index in [2.05, 4.69) is 10.6 Å². The Bertz CT molecular complexity index is 1020. The number of amides is 2. The first kappa shape index (κ1) is 21.2. The summed E-state index contributed by atoms with van der Waals surface area (Å²) in [6.07, 6.45) is 0.983. The van der Waals surface area contributed by atoms with Crippen LogP contribution in [0, 0.1) is 0 Å². The molecule has 0 aliphatic rings. The maximum atomic E-state index is 12.8.